The molecule has 1 aromatic heterocycles. The fourth-order valence-corrected chi connectivity index (χ4v) is 2.23. The van der Waals surface area contributed by atoms with Crippen molar-refractivity contribution in [2.75, 3.05) is 0 Å². The fourth-order valence-electron chi connectivity index (χ4n) is 2.23. The molecule has 0 spiro atoms. The van der Waals surface area contributed by atoms with E-state index >= 15 is 0 Å². The molecule has 0 saturated heterocycles. The number of hydrogen-bond acceptors (Lipinski definition) is 3. The van der Waals surface area contributed by atoms with Gasteiger partial charge < -0.3 is 0 Å². The van der Waals surface area contributed by atoms with Gasteiger partial charge in [0.2, 0.25) is 0 Å². The van der Waals surface area contributed by atoms with E-state index in [1.807, 2.05) is 30.3 Å². The number of aromatic nitrogens is 2. The highest BCUT2D eigenvalue weighted by atomic mass is 16.6. The Labute approximate surface area is 109 Å². The molecule has 5 heteroatoms. The topological polar surface area (TPSA) is 61.0 Å². The second-order valence-corrected chi connectivity index (χ2v) is 4.30. The first-order valence-corrected chi connectivity index (χ1v) is 5.85. The minimum atomic E-state index is -0.348. The monoisotopic (exact) mass is 253 g/mol. The smallest absolute Gasteiger partial charge is 0.293 e. The van der Waals surface area contributed by atoms with E-state index in [1.54, 1.807) is 30.0 Å². The lowest BCUT2D eigenvalue weighted by Gasteiger charge is -2.07. The van der Waals surface area contributed by atoms with Gasteiger partial charge in [-0.05, 0) is 25.1 Å². The van der Waals surface area contributed by atoms with Crippen molar-refractivity contribution >= 4 is 16.7 Å². The maximum absolute atomic E-state index is 11.2. The molecule has 0 N–H and O–H groups in total. The van der Waals surface area contributed by atoms with E-state index in [9.17, 15) is 10.1 Å². The van der Waals surface area contributed by atoms with Gasteiger partial charge in [0.1, 0.15) is 12.0 Å². The van der Waals surface area contributed by atoms with Crippen LogP contribution in [0.25, 0.3) is 16.7 Å². The summed E-state index contributed by atoms with van der Waals surface area (Å²) >= 11 is 0. The first kappa shape index (κ1) is 11.4. The van der Waals surface area contributed by atoms with E-state index < -0.39 is 0 Å². The zero-order valence-electron chi connectivity index (χ0n) is 10.3. The lowest BCUT2D eigenvalue weighted by atomic mass is 10.1. The summed E-state index contributed by atoms with van der Waals surface area (Å²) in [6.07, 6.45) is 1.62. The Bertz CT molecular complexity index is 777. The molecule has 0 amide bonds. The van der Waals surface area contributed by atoms with Crippen LogP contribution in [-0.4, -0.2) is 14.5 Å². The molecule has 0 aliphatic rings. The van der Waals surface area contributed by atoms with Crippen LogP contribution < -0.4 is 0 Å². The van der Waals surface area contributed by atoms with Crippen LogP contribution in [0.2, 0.25) is 0 Å². The van der Waals surface area contributed by atoms with Crippen LogP contribution in [0, 0.1) is 17.0 Å². The fraction of sp³-hybridized carbons (Fsp3) is 0.0714. The van der Waals surface area contributed by atoms with Crippen LogP contribution in [0.15, 0.2) is 48.8 Å². The van der Waals surface area contributed by atoms with Crippen molar-refractivity contribution in [1.82, 2.24) is 9.55 Å². The second kappa shape index (κ2) is 4.20. The summed E-state index contributed by atoms with van der Waals surface area (Å²) in [5, 5.41) is 11.2. The van der Waals surface area contributed by atoms with Gasteiger partial charge in [0.15, 0.2) is 0 Å². The molecule has 0 radical (unpaired) electrons. The number of nitro groups is 1. The van der Waals surface area contributed by atoms with Crippen molar-refractivity contribution in [3.05, 3.63) is 64.5 Å². The van der Waals surface area contributed by atoms with Crippen molar-refractivity contribution in [3.8, 4) is 5.69 Å². The number of nitro benzene ring substituents is 1. The molecule has 0 saturated carbocycles. The minimum absolute atomic E-state index is 0.116. The van der Waals surface area contributed by atoms with Crippen LogP contribution in [0.3, 0.4) is 0 Å². The average Bonchev–Trinajstić information content (AvgIpc) is 2.81. The molecule has 0 bridgehead atoms. The van der Waals surface area contributed by atoms with E-state index in [0.29, 0.717) is 11.3 Å². The molecular weight excluding hydrogens is 242 g/mol. The molecular formula is C14H11N3O2. The zero-order valence-corrected chi connectivity index (χ0v) is 10.3. The number of imidazole rings is 1. The van der Waals surface area contributed by atoms with Crippen LogP contribution in [0.4, 0.5) is 5.69 Å². The minimum Gasteiger partial charge on any atom is -0.293 e. The van der Waals surface area contributed by atoms with Gasteiger partial charge in [0.25, 0.3) is 5.69 Å². The Morgan fingerprint density at radius 1 is 1.16 bits per heavy atom. The molecule has 0 aliphatic carbocycles. The zero-order chi connectivity index (χ0) is 13.4. The first-order chi connectivity index (χ1) is 9.18. The van der Waals surface area contributed by atoms with Gasteiger partial charge in [0.05, 0.1) is 16.0 Å². The SMILES string of the molecule is Cc1cccc(-n2cnc3ccccc32)c1[N+](=O)[O-]. The Balaban J connectivity index is 2.33. The van der Waals surface area contributed by atoms with Crippen molar-refractivity contribution in [3.63, 3.8) is 0 Å². The van der Waals surface area contributed by atoms with E-state index in [2.05, 4.69) is 4.98 Å². The Hall–Kier alpha value is -2.69. The summed E-state index contributed by atoms with van der Waals surface area (Å²) in [6.45, 7) is 1.74. The molecule has 5 nitrogen and oxygen atoms in total. The largest absolute Gasteiger partial charge is 0.296 e. The number of para-hydroxylation sites is 3. The van der Waals surface area contributed by atoms with Gasteiger partial charge in [-0.15, -0.1) is 0 Å². The summed E-state index contributed by atoms with van der Waals surface area (Å²) < 4.78 is 1.75. The standard InChI is InChI=1S/C14H11N3O2/c1-10-5-4-8-13(14(10)17(18)19)16-9-15-11-6-2-3-7-12(11)16/h2-9H,1H3. The predicted molar refractivity (Wildman–Crippen MR) is 72.5 cm³/mol. The molecule has 3 rings (SSSR count). The number of benzene rings is 2. The second-order valence-electron chi connectivity index (χ2n) is 4.30. The predicted octanol–water partition coefficient (Wildman–Crippen LogP) is 3.24. The highest BCUT2D eigenvalue weighted by Gasteiger charge is 2.19. The van der Waals surface area contributed by atoms with Crippen molar-refractivity contribution < 1.29 is 4.92 Å². The molecule has 1 heterocycles. The van der Waals surface area contributed by atoms with Crippen LogP contribution in [-0.2, 0) is 0 Å². The van der Waals surface area contributed by atoms with E-state index in [-0.39, 0.29) is 10.6 Å². The third-order valence-corrected chi connectivity index (χ3v) is 3.11. The Kier molecular flexibility index (Phi) is 2.52. The van der Waals surface area contributed by atoms with Gasteiger partial charge in [-0.25, -0.2) is 4.98 Å². The van der Waals surface area contributed by atoms with Crippen LogP contribution >= 0.6 is 0 Å². The maximum Gasteiger partial charge on any atom is 0.296 e. The number of rotatable bonds is 2. The summed E-state index contributed by atoms with van der Waals surface area (Å²) in [5.74, 6) is 0. The van der Waals surface area contributed by atoms with E-state index in [1.165, 1.54) is 0 Å². The molecule has 94 valence electrons. The molecule has 0 unspecified atom stereocenters. The summed E-state index contributed by atoms with van der Waals surface area (Å²) in [4.78, 5) is 15.2. The molecule has 19 heavy (non-hydrogen) atoms. The molecule has 3 aromatic rings. The number of aryl methyl sites for hydroxylation is 1. The lowest BCUT2D eigenvalue weighted by Crippen LogP contribution is -2.00. The lowest BCUT2D eigenvalue weighted by molar-refractivity contribution is -0.385. The quantitative estimate of drug-likeness (QED) is 0.520. The third kappa shape index (κ3) is 1.76. The highest BCUT2D eigenvalue weighted by Crippen LogP contribution is 2.29. The number of nitrogens with zero attached hydrogens (tertiary/aromatic N) is 3. The summed E-state index contributed by atoms with van der Waals surface area (Å²) in [5.41, 5.74) is 2.97. The van der Waals surface area contributed by atoms with Crippen molar-refractivity contribution in [2.45, 2.75) is 6.92 Å². The molecule has 0 aliphatic heterocycles. The van der Waals surface area contributed by atoms with Crippen molar-refractivity contribution in [1.29, 1.82) is 0 Å². The number of fused-ring (bicyclic) bond motifs is 1. The van der Waals surface area contributed by atoms with Crippen LogP contribution in [0.1, 0.15) is 5.56 Å². The molecule has 0 fully saturated rings. The van der Waals surface area contributed by atoms with Crippen LogP contribution in [0.5, 0.6) is 0 Å². The average molecular weight is 253 g/mol. The van der Waals surface area contributed by atoms with E-state index in [4.69, 9.17) is 0 Å². The summed E-state index contributed by atoms with van der Waals surface area (Å²) in [6, 6.07) is 12.8. The molecule has 2 aromatic carbocycles. The number of hydrogen-bond donors (Lipinski definition) is 0. The maximum atomic E-state index is 11.2. The van der Waals surface area contributed by atoms with Gasteiger partial charge in [0, 0.05) is 5.56 Å². The van der Waals surface area contributed by atoms with Crippen molar-refractivity contribution in [2.24, 2.45) is 0 Å². The summed E-state index contributed by atoms with van der Waals surface area (Å²) in [7, 11) is 0. The van der Waals surface area contributed by atoms with E-state index in [0.717, 1.165) is 11.0 Å². The normalized spacial score (nSPS) is 10.8. The Morgan fingerprint density at radius 2 is 1.95 bits per heavy atom. The third-order valence-electron chi connectivity index (χ3n) is 3.11. The van der Waals surface area contributed by atoms with Gasteiger partial charge in [-0.2, -0.15) is 0 Å². The van der Waals surface area contributed by atoms with Gasteiger partial charge in [-0.1, -0.05) is 24.3 Å². The first-order valence-electron chi connectivity index (χ1n) is 5.85. The Morgan fingerprint density at radius 3 is 2.74 bits per heavy atom. The highest BCUT2D eigenvalue weighted by molar-refractivity contribution is 5.78. The molecule has 0 atom stereocenters. The van der Waals surface area contributed by atoms with Gasteiger partial charge in [-0.3, -0.25) is 14.7 Å². The van der Waals surface area contributed by atoms with Gasteiger partial charge >= 0.3 is 0 Å².